The molecule has 2 rings (SSSR count). The lowest BCUT2D eigenvalue weighted by atomic mass is 10.2. The minimum atomic E-state index is -1.09. The van der Waals surface area contributed by atoms with Crippen molar-refractivity contribution in [1.29, 1.82) is 0 Å². The summed E-state index contributed by atoms with van der Waals surface area (Å²) in [5, 5.41) is 13.4. The third-order valence-electron chi connectivity index (χ3n) is 3.22. The Morgan fingerprint density at radius 3 is 2.65 bits per heavy atom. The molecule has 26 heavy (non-hydrogen) atoms. The van der Waals surface area contributed by atoms with Gasteiger partial charge in [0.1, 0.15) is 0 Å². The van der Waals surface area contributed by atoms with E-state index in [-0.39, 0.29) is 10.6 Å². The average Bonchev–Trinajstić information content (AvgIpc) is 2.59. The normalized spacial score (nSPS) is 10.8. The van der Waals surface area contributed by atoms with E-state index >= 15 is 0 Å². The third-order valence-corrected chi connectivity index (χ3v) is 4.36. The number of aromatic carboxylic acids is 1. The molecule has 0 fully saturated rings. The summed E-state index contributed by atoms with van der Waals surface area (Å²) in [6.45, 7) is 4.90. The van der Waals surface area contributed by atoms with Gasteiger partial charge in [0.25, 0.3) is 0 Å². The van der Waals surface area contributed by atoms with E-state index in [0.29, 0.717) is 30.4 Å². The number of ether oxygens (including phenoxy) is 2. The Kier molecular flexibility index (Phi) is 7.52. The first-order valence-electron chi connectivity index (χ1n) is 7.87. The Morgan fingerprint density at radius 2 is 2.00 bits per heavy atom. The van der Waals surface area contributed by atoms with Gasteiger partial charge in [0.05, 0.1) is 39.3 Å². The van der Waals surface area contributed by atoms with E-state index in [2.05, 4.69) is 33.1 Å². The molecule has 138 valence electrons. The van der Waals surface area contributed by atoms with Gasteiger partial charge in [-0.15, -0.1) is 0 Å². The van der Waals surface area contributed by atoms with E-state index in [9.17, 15) is 4.79 Å². The number of nitrogens with zero attached hydrogens (tertiary/aromatic N) is 1. The number of rotatable bonds is 8. The summed E-state index contributed by atoms with van der Waals surface area (Å²) in [5.41, 5.74) is 4.16. The smallest absolute Gasteiger partial charge is 0.337 e. The number of carboxylic acid groups (broad SMARTS) is 1. The van der Waals surface area contributed by atoms with Gasteiger partial charge < -0.3 is 14.6 Å². The lowest BCUT2D eigenvalue weighted by Crippen LogP contribution is -2.02. The second-order valence-electron chi connectivity index (χ2n) is 5.07. The fourth-order valence-corrected chi connectivity index (χ4v) is 3.13. The molecule has 0 saturated carbocycles. The van der Waals surface area contributed by atoms with Crippen molar-refractivity contribution < 1.29 is 19.4 Å². The summed E-state index contributed by atoms with van der Waals surface area (Å²) in [7, 11) is 0. The molecule has 2 aromatic rings. The van der Waals surface area contributed by atoms with Gasteiger partial charge in [-0.3, -0.25) is 5.43 Å². The van der Waals surface area contributed by atoms with Crippen LogP contribution in [0.4, 0.5) is 5.69 Å². The summed E-state index contributed by atoms with van der Waals surface area (Å²) >= 11 is 8.04. The Labute approximate surface area is 170 Å². The minimum absolute atomic E-state index is 0.0149. The van der Waals surface area contributed by atoms with Gasteiger partial charge in [-0.2, -0.15) is 5.10 Å². The number of hydrogen-bond acceptors (Lipinski definition) is 5. The molecule has 2 N–H and O–H groups in total. The molecule has 8 heteroatoms. The molecule has 0 amide bonds. The van der Waals surface area contributed by atoms with Crippen LogP contribution in [-0.4, -0.2) is 30.5 Å². The topological polar surface area (TPSA) is 80.2 Å². The number of benzene rings is 2. The van der Waals surface area contributed by atoms with E-state index < -0.39 is 5.97 Å². The lowest BCUT2D eigenvalue weighted by molar-refractivity contribution is 0.0697. The predicted molar refractivity (Wildman–Crippen MR) is 111 cm³/mol. The molecule has 0 spiro atoms. The molecular weight excluding hydrogens is 471 g/mol. The van der Waals surface area contributed by atoms with Gasteiger partial charge >= 0.3 is 5.97 Å². The Hall–Kier alpha value is -2.00. The number of anilines is 1. The van der Waals surface area contributed by atoms with E-state index in [1.54, 1.807) is 12.3 Å². The molecule has 0 aliphatic rings. The Morgan fingerprint density at radius 1 is 1.27 bits per heavy atom. The molecule has 0 aliphatic heterocycles. The highest BCUT2D eigenvalue weighted by Crippen LogP contribution is 2.33. The second kappa shape index (κ2) is 9.63. The summed E-state index contributed by atoms with van der Waals surface area (Å²) in [6, 6.07) is 8.35. The lowest BCUT2D eigenvalue weighted by Gasteiger charge is -2.13. The van der Waals surface area contributed by atoms with Crippen molar-refractivity contribution in [1.82, 2.24) is 0 Å². The summed E-state index contributed by atoms with van der Waals surface area (Å²) < 4.78 is 12.2. The van der Waals surface area contributed by atoms with Crippen molar-refractivity contribution in [2.75, 3.05) is 18.6 Å². The van der Waals surface area contributed by atoms with Crippen molar-refractivity contribution in [2.45, 2.75) is 13.8 Å². The SMILES string of the molecule is CCOc1cc(C=NNc2ccc(Cl)c(C(=O)O)c2)cc(I)c1OCC. The quantitative estimate of drug-likeness (QED) is 0.314. The first kappa shape index (κ1) is 20.3. The van der Waals surface area contributed by atoms with Crippen LogP contribution in [0, 0.1) is 3.57 Å². The molecule has 0 saturated heterocycles. The maximum absolute atomic E-state index is 11.1. The molecule has 0 unspecified atom stereocenters. The van der Waals surface area contributed by atoms with Gasteiger partial charge in [0.15, 0.2) is 11.5 Å². The highest BCUT2D eigenvalue weighted by atomic mass is 127. The average molecular weight is 489 g/mol. The van der Waals surface area contributed by atoms with Crippen LogP contribution in [-0.2, 0) is 0 Å². The standard InChI is InChI=1S/C18H18ClIN2O4/c1-3-25-16-8-11(7-15(20)17(16)26-4-2)10-21-22-12-5-6-14(19)13(9-12)18(23)24/h5-10,22H,3-4H2,1-2H3,(H,23,24). The number of hydrogen-bond donors (Lipinski definition) is 2. The van der Waals surface area contributed by atoms with Crippen LogP contribution >= 0.6 is 34.2 Å². The van der Waals surface area contributed by atoms with Crippen molar-refractivity contribution in [3.8, 4) is 11.5 Å². The molecule has 2 aromatic carbocycles. The van der Waals surface area contributed by atoms with Crippen LogP contribution in [0.25, 0.3) is 0 Å². The van der Waals surface area contributed by atoms with Gasteiger partial charge in [0, 0.05) is 0 Å². The third kappa shape index (κ3) is 5.25. The zero-order valence-electron chi connectivity index (χ0n) is 14.3. The van der Waals surface area contributed by atoms with Crippen LogP contribution in [0.1, 0.15) is 29.8 Å². The maximum atomic E-state index is 11.1. The van der Waals surface area contributed by atoms with Crippen molar-refractivity contribution in [3.63, 3.8) is 0 Å². The maximum Gasteiger partial charge on any atom is 0.337 e. The molecule has 0 bridgehead atoms. The number of hydrazone groups is 1. The van der Waals surface area contributed by atoms with E-state index in [0.717, 1.165) is 9.13 Å². The van der Waals surface area contributed by atoms with E-state index in [1.165, 1.54) is 12.1 Å². The molecular formula is C18H18ClIN2O4. The van der Waals surface area contributed by atoms with Crippen LogP contribution in [0.3, 0.4) is 0 Å². The summed E-state index contributed by atoms with van der Waals surface area (Å²) in [4.78, 5) is 11.1. The van der Waals surface area contributed by atoms with Crippen LogP contribution in [0.15, 0.2) is 35.4 Å². The van der Waals surface area contributed by atoms with Crippen molar-refractivity contribution in [2.24, 2.45) is 5.10 Å². The monoisotopic (exact) mass is 488 g/mol. The van der Waals surface area contributed by atoms with Gasteiger partial charge in [-0.25, -0.2) is 4.79 Å². The van der Waals surface area contributed by atoms with Crippen LogP contribution < -0.4 is 14.9 Å². The Bertz CT molecular complexity index is 827. The molecule has 0 atom stereocenters. The van der Waals surface area contributed by atoms with Crippen molar-refractivity contribution in [3.05, 3.63) is 50.1 Å². The summed E-state index contributed by atoms with van der Waals surface area (Å²) in [6.07, 6.45) is 1.62. The number of carbonyl (C=O) groups is 1. The fourth-order valence-electron chi connectivity index (χ4n) is 2.15. The predicted octanol–water partition coefficient (Wildman–Crippen LogP) is 4.89. The highest BCUT2D eigenvalue weighted by molar-refractivity contribution is 14.1. The zero-order chi connectivity index (χ0) is 19.1. The Balaban J connectivity index is 2.20. The molecule has 6 nitrogen and oxygen atoms in total. The van der Waals surface area contributed by atoms with Gasteiger partial charge in [0.2, 0.25) is 0 Å². The van der Waals surface area contributed by atoms with Crippen LogP contribution in [0.5, 0.6) is 11.5 Å². The van der Waals surface area contributed by atoms with Crippen molar-refractivity contribution >= 4 is 52.1 Å². The first-order chi connectivity index (χ1) is 12.5. The molecule has 0 heterocycles. The number of nitrogens with one attached hydrogen (secondary N) is 1. The first-order valence-corrected chi connectivity index (χ1v) is 9.33. The van der Waals surface area contributed by atoms with Crippen LogP contribution in [0.2, 0.25) is 5.02 Å². The molecule has 0 aromatic heterocycles. The zero-order valence-corrected chi connectivity index (χ0v) is 17.2. The second-order valence-corrected chi connectivity index (χ2v) is 6.64. The number of carboxylic acids is 1. The molecule has 0 radical (unpaired) electrons. The summed E-state index contributed by atoms with van der Waals surface area (Å²) in [5.74, 6) is 0.274. The fraction of sp³-hybridized carbons (Fsp3) is 0.222. The van der Waals surface area contributed by atoms with E-state index in [4.69, 9.17) is 26.2 Å². The highest BCUT2D eigenvalue weighted by Gasteiger charge is 2.11. The number of halogens is 2. The molecule has 0 aliphatic carbocycles. The van der Waals surface area contributed by atoms with E-state index in [1.807, 2.05) is 26.0 Å². The van der Waals surface area contributed by atoms with Gasteiger partial charge in [-0.1, -0.05) is 11.6 Å². The minimum Gasteiger partial charge on any atom is -0.490 e. The largest absolute Gasteiger partial charge is 0.490 e. The van der Waals surface area contributed by atoms with Gasteiger partial charge in [-0.05, 0) is 72.3 Å².